The van der Waals surface area contributed by atoms with Crippen molar-refractivity contribution in [2.75, 3.05) is 13.7 Å². The van der Waals surface area contributed by atoms with E-state index < -0.39 is 0 Å². The smallest absolute Gasteiger partial charge is 0.123 e. The predicted molar refractivity (Wildman–Crippen MR) is 81.9 cm³/mol. The predicted octanol–water partition coefficient (Wildman–Crippen LogP) is 2.41. The van der Waals surface area contributed by atoms with Gasteiger partial charge in [0, 0.05) is 29.6 Å². The van der Waals surface area contributed by atoms with Gasteiger partial charge in [0.05, 0.1) is 13.7 Å². The number of methoxy groups -OCH3 is 1. The minimum Gasteiger partial charge on any atom is -0.496 e. The van der Waals surface area contributed by atoms with E-state index in [1.54, 1.807) is 7.11 Å². The van der Waals surface area contributed by atoms with Gasteiger partial charge < -0.3 is 19.9 Å². The zero-order valence-corrected chi connectivity index (χ0v) is 12.9. The molecule has 1 saturated carbocycles. The number of nitrogens with one attached hydrogen (secondary N) is 1. The van der Waals surface area contributed by atoms with Gasteiger partial charge in [0.25, 0.3) is 0 Å². The van der Waals surface area contributed by atoms with Gasteiger partial charge in [-0.15, -0.1) is 0 Å². The maximum absolute atomic E-state index is 9.69. The molecule has 1 atom stereocenters. The molecule has 2 aliphatic rings. The Morgan fingerprint density at radius 3 is 2.81 bits per heavy atom. The van der Waals surface area contributed by atoms with E-state index in [9.17, 15) is 5.11 Å². The first-order chi connectivity index (χ1) is 10.2. The normalized spacial score (nSPS) is 22.9. The van der Waals surface area contributed by atoms with Gasteiger partial charge in [0.15, 0.2) is 0 Å². The molecule has 116 valence electrons. The van der Waals surface area contributed by atoms with Crippen LogP contribution < -0.4 is 14.8 Å². The molecule has 4 heteroatoms. The molecule has 1 fully saturated rings. The zero-order chi connectivity index (χ0) is 14.9. The van der Waals surface area contributed by atoms with Crippen molar-refractivity contribution in [3.05, 3.63) is 23.3 Å². The molecule has 0 radical (unpaired) electrons. The lowest BCUT2D eigenvalue weighted by Gasteiger charge is -2.28. The molecule has 1 aliphatic heterocycles. The zero-order valence-electron chi connectivity index (χ0n) is 12.9. The summed E-state index contributed by atoms with van der Waals surface area (Å²) >= 11 is 0. The SMILES string of the molecule is COc1cc2c(cc1CNC1(CO)CCCC1)OC(C)C2. The summed E-state index contributed by atoms with van der Waals surface area (Å²) in [5, 5.41) is 13.2. The van der Waals surface area contributed by atoms with Crippen LogP contribution in [0.3, 0.4) is 0 Å². The molecule has 1 heterocycles. The lowest BCUT2D eigenvalue weighted by atomic mass is 9.98. The van der Waals surface area contributed by atoms with Gasteiger partial charge in [-0.1, -0.05) is 12.8 Å². The highest BCUT2D eigenvalue weighted by atomic mass is 16.5. The summed E-state index contributed by atoms with van der Waals surface area (Å²) in [6, 6.07) is 4.18. The summed E-state index contributed by atoms with van der Waals surface area (Å²) in [6.07, 6.45) is 5.66. The Bertz CT molecular complexity index is 509. The highest BCUT2D eigenvalue weighted by Crippen LogP contribution is 2.36. The Labute approximate surface area is 126 Å². The summed E-state index contributed by atoms with van der Waals surface area (Å²) in [5.74, 6) is 1.88. The van der Waals surface area contributed by atoms with E-state index >= 15 is 0 Å². The van der Waals surface area contributed by atoms with E-state index in [2.05, 4.69) is 24.4 Å². The second-order valence-corrected chi connectivity index (χ2v) is 6.40. The fourth-order valence-electron chi connectivity index (χ4n) is 3.53. The molecule has 1 aromatic carbocycles. The van der Waals surface area contributed by atoms with Crippen molar-refractivity contribution in [3.63, 3.8) is 0 Å². The van der Waals surface area contributed by atoms with Gasteiger partial charge in [0.2, 0.25) is 0 Å². The first kappa shape index (κ1) is 14.7. The van der Waals surface area contributed by atoms with Crippen LogP contribution in [-0.4, -0.2) is 30.5 Å². The van der Waals surface area contributed by atoms with Crippen LogP contribution >= 0.6 is 0 Å². The number of rotatable bonds is 5. The molecular weight excluding hydrogens is 266 g/mol. The second-order valence-electron chi connectivity index (χ2n) is 6.40. The molecular formula is C17H25NO3. The Balaban J connectivity index is 1.77. The topological polar surface area (TPSA) is 50.7 Å². The van der Waals surface area contributed by atoms with Crippen LogP contribution in [0.2, 0.25) is 0 Å². The van der Waals surface area contributed by atoms with Crippen LogP contribution in [-0.2, 0) is 13.0 Å². The highest BCUT2D eigenvalue weighted by molar-refractivity contribution is 5.48. The molecule has 0 saturated heterocycles. The Morgan fingerprint density at radius 1 is 1.38 bits per heavy atom. The Morgan fingerprint density at radius 2 is 2.14 bits per heavy atom. The fraction of sp³-hybridized carbons (Fsp3) is 0.647. The van der Waals surface area contributed by atoms with Crippen molar-refractivity contribution in [1.82, 2.24) is 5.32 Å². The number of hydrogen-bond donors (Lipinski definition) is 2. The largest absolute Gasteiger partial charge is 0.496 e. The molecule has 0 amide bonds. The monoisotopic (exact) mass is 291 g/mol. The number of aliphatic hydroxyl groups excluding tert-OH is 1. The van der Waals surface area contributed by atoms with Gasteiger partial charge >= 0.3 is 0 Å². The third-order valence-electron chi connectivity index (χ3n) is 4.82. The number of benzene rings is 1. The summed E-state index contributed by atoms with van der Waals surface area (Å²) in [4.78, 5) is 0. The number of ether oxygens (including phenoxy) is 2. The lowest BCUT2D eigenvalue weighted by molar-refractivity contribution is 0.162. The van der Waals surface area contributed by atoms with E-state index in [1.165, 1.54) is 18.4 Å². The van der Waals surface area contributed by atoms with Crippen molar-refractivity contribution >= 4 is 0 Å². The third kappa shape index (κ3) is 2.87. The van der Waals surface area contributed by atoms with Crippen LogP contribution in [0, 0.1) is 0 Å². The first-order valence-electron chi connectivity index (χ1n) is 7.88. The van der Waals surface area contributed by atoms with E-state index in [0.717, 1.165) is 36.3 Å². The van der Waals surface area contributed by atoms with Crippen molar-refractivity contribution in [3.8, 4) is 11.5 Å². The first-order valence-corrected chi connectivity index (χ1v) is 7.88. The number of hydrogen-bond acceptors (Lipinski definition) is 4. The third-order valence-corrected chi connectivity index (χ3v) is 4.82. The number of aliphatic hydroxyl groups is 1. The van der Waals surface area contributed by atoms with Gasteiger partial charge in [-0.2, -0.15) is 0 Å². The van der Waals surface area contributed by atoms with Gasteiger partial charge in [0.1, 0.15) is 17.6 Å². The molecule has 4 nitrogen and oxygen atoms in total. The van der Waals surface area contributed by atoms with Crippen molar-refractivity contribution in [2.24, 2.45) is 0 Å². The standard InChI is InChI=1S/C17H25NO3/c1-12-7-13-8-15(20-2)14(9-16(13)21-12)10-18-17(11-19)5-3-4-6-17/h8-9,12,18-19H,3-7,10-11H2,1-2H3. The molecule has 1 aromatic rings. The van der Waals surface area contributed by atoms with E-state index in [1.807, 2.05) is 0 Å². The maximum atomic E-state index is 9.69. The highest BCUT2D eigenvalue weighted by Gasteiger charge is 2.33. The van der Waals surface area contributed by atoms with Crippen LogP contribution in [0.4, 0.5) is 0 Å². The summed E-state index contributed by atoms with van der Waals surface area (Å²) in [6.45, 7) is 2.99. The van der Waals surface area contributed by atoms with Crippen LogP contribution in [0.5, 0.6) is 11.5 Å². The summed E-state index contributed by atoms with van der Waals surface area (Å²) in [7, 11) is 1.71. The van der Waals surface area contributed by atoms with Gasteiger partial charge in [-0.05, 0) is 31.9 Å². The minimum absolute atomic E-state index is 0.113. The molecule has 0 spiro atoms. The van der Waals surface area contributed by atoms with Crippen LogP contribution in [0.25, 0.3) is 0 Å². The van der Waals surface area contributed by atoms with Crippen LogP contribution in [0.1, 0.15) is 43.7 Å². The Hall–Kier alpha value is -1.26. The summed E-state index contributed by atoms with van der Waals surface area (Å²) in [5.41, 5.74) is 2.21. The minimum atomic E-state index is -0.113. The average Bonchev–Trinajstić information content (AvgIpc) is 3.09. The van der Waals surface area contributed by atoms with E-state index in [4.69, 9.17) is 9.47 Å². The fourth-order valence-corrected chi connectivity index (χ4v) is 3.53. The second kappa shape index (κ2) is 5.85. The summed E-state index contributed by atoms with van der Waals surface area (Å²) < 4.78 is 11.4. The lowest BCUT2D eigenvalue weighted by Crippen LogP contribution is -2.45. The van der Waals surface area contributed by atoms with Crippen LogP contribution in [0.15, 0.2) is 12.1 Å². The molecule has 21 heavy (non-hydrogen) atoms. The molecule has 3 rings (SSSR count). The molecule has 1 aliphatic carbocycles. The quantitative estimate of drug-likeness (QED) is 0.875. The molecule has 2 N–H and O–H groups in total. The molecule has 1 unspecified atom stereocenters. The molecule has 0 bridgehead atoms. The molecule has 0 aromatic heterocycles. The van der Waals surface area contributed by atoms with Crippen molar-refractivity contribution in [1.29, 1.82) is 0 Å². The van der Waals surface area contributed by atoms with E-state index in [0.29, 0.717) is 6.54 Å². The van der Waals surface area contributed by atoms with Crippen molar-refractivity contribution < 1.29 is 14.6 Å². The van der Waals surface area contributed by atoms with Gasteiger partial charge in [-0.3, -0.25) is 0 Å². The maximum Gasteiger partial charge on any atom is 0.123 e. The number of fused-ring (bicyclic) bond motifs is 1. The Kier molecular flexibility index (Phi) is 4.09. The van der Waals surface area contributed by atoms with Crippen molar-refractivity contribution in [2.45, 2.75) is 57.2 Å². The van der Waals surface area contributed by atoms with E-state index in [-0.39, 0.29) is 18.2 Å². The van der Waals surface area contributed by atoms with Gasteiger partial charge in [-0.25, -0.2) is 0 Å². The average molecular weight is 291 g/mol.